The van der Waals surface area contributed by atoms with Crippen molar-refractivity contribution in [1.29, 1.82) is 0 Å². The van der Waals surface area contributed by atoms with Gasteiger partial charge in [0.2, 0.25) is 5.75 Å². The van der Waals surface area contributed by atoms with E-state index in [9.17, 15) is 23.9 Å². The Morgan fingerprint density at radius 2 is 1.97 bits per heavy atom. The number of hydrogen-bond acceptors (Lipinski definition) is 7. The maximum absolute atomic E-state index is 13.6. The van der Waals surface area contributed by atoms with Gasteiger partial charge in [-0.25, -0.2) is 9.37 Å². The molecule has 3 heterocycles. The average molecular weight is 460 g/mol. The highest BCUT2D eigenvalue weighted by Gasteiger charge is 2.41. The van der Waals surface area contributed by atoms with Crippen LogP contribution >= 0.6 is 0 Å². The van der Waals surface area contributed by atoms with Crippen molar-refractivity contribution >= 4 is 11.8 Å². The van der Waals surface area contributed by atoms with Gasteiger partial charge >= 0.3 is 0 Å². The van der Waals surface area contributed by atoms with Gasteiger partial charge < -0.3 is 25.2 Å². The lowest BCUT2D eigenvalue weighted by Crippen LogP contribution is -2.43. The lowest BCUT2D eigenvalue weighted by molar-refractivity contribution is 0.00413. The topological polar surface area (TPSA) is 132 Å². The minimum atomic E-state index is -0.785. The van der Waals surface area contributed by atoms with Crippen LogP contribution in [0, 0.1) is 5.82 Å². The summed E-state index contributed by atoms with van der Waals surface area (Å²) in [7, 11) is 1.41. The third-order valence-corrected chi connectivity index (χ3v) is 6.11. The monoisotopic (exact) mass is 460 g/mol. The summed E-state index contributed by atoms with van der Waals surface area (Å²) in [5.41, 5.74) is -1.28. The first-order valence-electron chi connectivity index (χ1n) is 10.6. The summed E-state index contributed by atoms with van der Waals surface area (Å²) in [6.45, 7) is 1.63. The van der Waals surface area contributed by atoms with Gasteiger partial charge in [0.15, 0.2) is 5.69 Å². The number of halogens is 1. The lowest BCUT2D eigenvalue weighted by Gasteiger charge is -2.35. The summed E-state index contributed by atoms with van der Waals surface area (Å²) in [6, 6.07) is 3.63. The van der Waals surface area contributed by atoms with Crippen LogP contribution in [0.25, 0.3) is 0 Å². The third-order valence-electron chi connectivity index (χ3n) is 6.11. The molecular weight excluding hydrogens is 435 g/mol. The van der Waals surface area contributed by atoms with Crippen LogP contribution in [0.15, 0.2) is 23.0 Å². The summed E-state index contributed by atoms with van der Waals surface area (Å²) >= 11 is 0. The molecule has 4 rings (SSSR count). The average Bonchev–Trinajstić information content (AvgIpc) is 2.99. The zero-order chi connectivity index (χ0) is 23.6. The molecule has 2 amide bonds. The Balaban J connectivity index is 1.66. The molecule has 10 nitrogen and oxygen atoms in total. The number of nitrogens with one attached hydrogen (secondary N) is 2. The third kappa shape index (κ3) is 4.33. The maximum Gasteiger partial charge on any atom is 0.296 e. The first-order chi connectivity index (χ1) is 15.9. The van der Waals surface area contributed by atoms with E-state index in [-0.39, 0.29) is 25.3 Å². The molecule has 0 radical (unpaired) electrons. The van der Waals surface area contributed by atoms with Crippen molar-refractivity contribution in [2.24, 2.45) is 0 Å². The van der Waals surface area contributed by atoms with Gasteiger partial charge in [0.25, 0.3) is 17.4 Å². The van der Waals surface area contributed by atoms with E-state index in [2.05, 4.69) is 15.6 Å². The number of fused-ring (bicyclic) bond motifs is 2. The number of amides is 2. The highest BCUT2D eigenvalue weighted by molar-refractivity contribution is 5.96. The van der Waals surface area contributed by atoms with Crippen molar-refractivity contribution in [3.63, 3.8) is 0 Å². The molecule has 11 heteroatoms. The Morgan fingerprint density at radius 1 is 1.21 bits per heavy atom. The first kappa shape index (κ1) is 22.9. The molecule has 0 unspecified atom stereocenters. The van der Waals surface area contributed by atoms with E-state index in [1.165, 1.54) is 23.7 Å². The standard InChI is InChI=1S/C22H25FN4O6/c1-24-18(29)15-10-14(23)3-2-13(15)11-25-19(30)16-17(28)20(31)27-6-9-33-12-22(21(27)26-16)4-7-32-8-5-22/h2-3,10,28H,4-9,11-12H2,1H3,(H,24,29)(H,25,30). The SMILES string of the molecule is CNC(=O)c1cc(F)ccc1CNC(=O)c1nc2n(c(=O)c1O)CCOCC21CCOCC1. The number of carbonyl (C=O) groups is 2. The molecule has 1 spiro atoms. The molecule has 1 aromatic heterocycles. The van der Waals surface area contributed by atoms with Crippen LogP contribution in [0.4, 0.5) is 4.39 Å². The molecule has 2 aromatic rings. The maximum atomic E-state index is 13.6. The van der Waals surface area contributed by atoms with Gasteiger partial charge in [0, 0.05) is 32.4 Å². The molecule has 176 valence electrons. The van der Waals surface area contributed by atoms with Crippen LogP contribution in [0.5, 0.6) is 5.75 Å². The van der Waals surface area contributed by atoms with Gasteiger partial charge in [-0.3, -0.25) is 19.0 Å². The molecule has 2 aliphatic heterocycles. The fraction of sp³-hybridized carbons (Fsp3) is 0.455. The molecular formula is C22H25FN4O6. The molecule has 0 aliphatic carbocycles. The van der Waals surface area contributed by atoms with Crippen LogP contribution in [0.1, 0.15) is 45.1 Å². The van der Waals surface area contributed by atoms with Gasteiger partial charge in [-0.05, 0) is 30.5 Å². The van der Waals surface area contributed by atoms with E-state index in [0.717, 1.165) is 6.07 Å². The summed E-state index contributed by atoms with van der Waals surface area (Å²) in [6.07, 6.45) is 1.13. The molecule has 33 heavy (non-hydrogen) atoms. The van der Waals surface area contributed by atoms with Crippen molar-refractivity contribution in [1.82, 2.24) is 20.2 Å². The number of aromatic hydroxyl groups is 1. The molecule has 1 saturated heterocycles. The second-order valence-electron chi connectivity index (χ2n) is 8.10. The summed E-state index contributed by atoms with van der Waals surface area (Å²) in [5, 5.41) is 15.5. The number of hydrogen-bond donors (Lipinski definition) is 3. The molecule has 3 N–H and O–H groups in total. The zero-order valence-electron chi connectivity index (χ0n) is 18.1. The van der Waals surface area contributed by atoms with E-state index in [1.807, 2.05) is 0 Å². The molecule has 0 atom stereocenters. The second kappa shape index (κ2) is 9.28. The molecule has 0 bridgehead atoms. The Bertz CT molecular complexity index is 1140. The fourth-order valence-electron chi connectivity index (χ4n) is 4.24. The number of aromatic nitrogens is 2. The molecule has 1 fully saturated rings. The zero-order valence-corrected chi connectivity index (χ0v) is 18.1. The van der Waals surface area contributed by atoms with Crippen LogP contribution in [-0.4, -0.2) is 59.9 Å². The summed E-state index contributed by atoms with van der Waals surface area (Å²) < 4.78 is 26.2. The van der Waals surface area contributed by atoms with Gasteiger partial charge in [-0.15, -0.1) is 0 Å². The largest absolute Gasteiger partial charge is 0.501 e. The minimum absolute atomic E-state index is 0.0651. The Labute approximate surface area is 188 Å². The second-order valence-corrected chi connectivity index (χ2v) is 8.10. The Kier molecular flexibility index (Phi) is 6.43. The van der Waals surface area contributed by atoms with Crippen molar-refractivity contribution in [2.45, 2.75) is 31.3 Å². The van der Waals surface area contributed by atoms with E-state index < -0.39 is 40.0 Å². The van der Waals surface area contributed by atoms with Crippen LogP contribution in [0.2, 0.25) is 0 Å². The van der Waals surface area contributed by atoms with Gasteiger partial charge in [0.1, 0.15) is 11.6 Å². The predicted molar refractivity (Wildman–Crippen MR) is 114 cm³/mol. The number of nitrogens with zero attached hydrogens (tertiary/aromatic N) is 2. The predicted octanol–water partition coefficient (Wildman–Crippen LogP) is 0.456. The van der Waals surface area contributed by atoms with Crippen molar-refractivity contribution < 1.29 is 28.6 Å². The normalized spacial score (nSPS) is 17.2. The van der Waals surface area contributed by atoms with Crippen LogP contribution in [-0.2, 0) is 28.0 Å². The summed E-state index contributed by atoms with van der Waals surface area (Å²) in [4.78, 5) is 42.4. The molecule has 1 aromatic carbocycles. The number of rotatable bonds is 4. The Morgan fingerprint density at radius 3 is 2.70 bits per heavy atom. The highest BCUT2D eigenvalue weighted by atomic mass is 19.1. The van der Waals surface area contributed by atoms with E-state index in [0.29, 0.717) is 44.1 Å². The number of carbonyl (C=O) groups excluding carboxylic acids is 2. The number of ether oxygens (including phenoxy) is 2. The van der Waals surface area contributed by atoms with Crippen LogP contribution in [0.3, 0.4) is 0 Å². The van der Waals surface area contributed by atoms with Crippen molar-refractivity contribution in [3.05, 3.63) is 57.0 Å². The number of benzene rings is 1. The highest BCUT2D eigenvalue weighted by Crippen LogP contribution is 2.35. The fourth-order valence-corrected chi connectivity index (χ4v) is 4.24. The van der Waals surface area contributed by atoms with E-state index >= 15 is 0 Å². The van der Waals surface area contributed by atoms with E-state index in [4.69, 9.17) is 9.47 Å². The van der Waals surface area contributed by atoms with Crippen LogP contribution < -0.4 is 16.2 Å². The van der Waals surface area contributed by atoms with Gasteiger partial charge in [-0.2, -0.15) is 0 Å². The minimum Gasteiger partial charge on any atom is -0.501 e. The van der Waals surface area contributed by atoms with E-state index in [1.54, 1.807) is 0 Å². The summed E-state index contributed by atoms with van der Waals surface area (Å²) in [5.74, 6) is -2.25. The molecule has 0 saturated carbocycles. The quantitative estimate of drug-likeness (QED) is 0.604. The van der Waals surface area contributed by atoms with Gasteiger partial charge in [0.05, 0.1) is 25.2 Å². The van der Waals surface area contributed by atoms with Crippen molar-refractivity contribution in [3.8, 4) is 5.75 Å². The molecule has 2 aliphatic rings. The van der Waals surface area contributed by atoms with Crippen molar-refractivity contribution in [2.75, 3.05) is 33.5 Å². The first-order valence-corrected chi connectivity index (χ1v) is 10.6. The lowest BCUT2D eigenvalue weighted by atomic mass is 9.80. The van der Waals surface area contributed by atoms with Gasteiger partial charge in [-0.1, -0.05) is 6.07 Å². The smallest absolute Gasteiger partial charge is 0.296 e. The Hall–Kier alpha value is -3.31.